The largest absolute Gasteiger partial charge is 0.506 e. The van der Waals surface area contributed by atoms with E-state index < -0.39 is 11.7 Å². The van der Waals surface area contributed by atoms with E-state index in [4.69, 9.17) is 0 Å². The number of rotatable bonds is 3. The molecule has 0 unspecified atom stereocenters. The maximum atomic E-state index is 12.4. The molecule has 0 atom stereocenters. The molecule has 0 aliphatic rings. The van der Waals surface area contributed by atoms with Crippen LogP contribution < -0.4 is 0 Å². The van der Waals surface area contributed by atoms with E-state index in [0.29, 0.717) is 6.29 Å². The number of aromatic hydroxyl groups is 1. The van der Waals surface area contributed by atoms with Crippen molar-refractivity contribution >= 4 is 22.2 Å². The second-order valence-electron chi connectivity index (χ2n) is 3.17. The second-order valence-corrected chi connectivity index (χ2v) is 4.02. The van der Waals surface area contributed by atoms with Crippen molar-refractivity contribution in [2.24, 2.45) is 0 Å². The molecule has 0 aliphatic carbocycles. The number of aryl methyl sites for hydroxylation is 1. The molecule has 1 N–H and O–H groups in total. The molecule has 0 saturated heterocycles. The Labute approximate surface area is 98.2 Å². The average molecular weight is 297 g/mol. The minimum atomic E-state index is -4.47. The summed E-state index contributed by atoms with van der Waals surface area (Å²) >= 11 is 2.84. The fourth-order valence-corrected chi connectivity index (χ4v) is 1.73. The first-order valence-corrected chi connectivity index (χ1v) is 5.17. The molecule has 0 aromatic heterocycles. The first kappa shape index (κ1) is 13.0. The summed E-state index contributed by atoms with van der Waals surface area (Å²) in [6.07, 6.45) is -3.72. The molecule has 88 valence electrons. The summed E-state index contributed by atoms with van der Waals surface area (Å²) in [6, 6.07) is 1.66. The van der Waals surface area contributed by atoms with E-state index in [0.717, 1.165) is 12.1 Å². The maximum absolute atomic E-state index is 12.4. The third-order valence-corrected chi connectivity index (χ3v) is 2.61. The van der Waals surface area contributed by atoms with Crippen molar-refractivity contribution in [3.63, 3.8) is 0 Å². The Morgan fingerprint density at radius 2 is 2.00 bits per heavy atom. The molecule has 16 heavy (non-hydrogen) atoms. The minimum Gasteiger partial charge on any atom is -0.506 e. The van der Waals surface area contributed by atoms with E-state index in [1.54, 1.807) is 0 Å². The van der Waals surface area contributed by atoms with Crippen molar-refractivity contribution in [2.45, 2.75) is 19.0 Å². The molecule has 0 amide bonds. The molecule has 0 heterocycles. The van der Waals surface area contributed by atoms with Gasteiger partial charge >= 0.3 is 6.18 Å². The van der Waals surface area contributed by atoms with Crippen molar-refractivity contribution in [2.75, 3.05) is 0 Å². The molecule has 0 saturated carbocycles. The Balaban J connectivity index is 3.16. The number of carbonyl (C=O) groups excluding carboxylic acids is 1. The molecule has 2 nitrogen and oxygen atoms in total. The molecule has 6 heteroatoms. The van der Waals surface area contributed by atoms with Gasteiger partial charge in [-0.3, -0.25) is 0 Å². The average Bonchev–Trinajstić information content (AvgIpc) is 2.18. The summed E-state index contributed by atoms with van der Waals surface area (Å²) in [5.74, 6) is -0.255. The number of hydrogen-bond acceptors (Lipinski definition) is 2. The lowest BCUT2D eigenvalue weighted by Gasteiger charge is -2.11. The quantitative estimate of drug-likeness (QED) is 0.869. The van der Waals surface area contributed by atoms with Crippen molar-refractivity contribution in [1.29, 1.82) is 0 Å². The van der Waals surface area contributed by atoms with Gasteiger partial charge in [0.2, 0.25) is 0 Å². The fraction of sp³-hybridized carbons (Fsp3) is 0.300. The minimum absolute atomic E-state index is 0.0248. The molecule has 0 spiro atoms. The van der Waals surface area contributed by atoms with Gasteiger partial charge in [-0.2, -0.15) is 13.2 Å². The zero-order valence-corrected chi connectivity index (χ0v) is 9.60. The summed E-state index contributed by atoms with van der Waals surface area (Å²) in [4.78, 5) is 10.1. The van der Waals surface area contributed by atoms with Crippen molar-refractivity contribution in [1.82, 2.24) is 0 Å². The summed E-state index contributed by atoms with van der Waals surface area (Å²) in [6.45, 7) is 0. The zero-order valence-electron chi connectivity index (χ0n) is 8.01. The molecule has 1 aromatic carbocycles. The number of benzene rings is 1. The van der Waals surface area contributed by atoms with Crippen molar-refractivity contribution < 1.29 is 23.1 Å². The summed E-state index contributed by atoms with van der Waals surface area (Å²) < 4.78 is 37.3. The third-order valence-electron chi connectivity index (χ3n) is 2.00. The maximum Gasteiger partial charge on any atom is 0.416 e. The Kier molecular flexibility index (Phi) is 3.96. The highest BCUT2D eigenvalue weighted by Crippen LogP contribution is 2.37. The van der Waals surface area contributed by atoms with Gasteiger partial charge in [0.25, 0.3) is 0 Å². The van der Waals surface area contributed by atoms with Gasteiger partial charge in [-0.1, -0.05) is 0 Å². The monoisotopic (exact) mass is 296 g/mol. The van der Waals surface area contributed by atoms with E-state index in [9.17, 15) is 23.1 Å². The number of phenols is 1. The predicted octanol–water partition coefficient (Wildman–Crippen LogP) is 3.31. The summed E-state index contributed by atoms with van der Waals surface area (Å²) in [5, 5.41) is 9.48. The van der Waals surface area contributed by atoms with Crippen LogP contribution in [0.1, 0.15) is 17.5 Å². The highest BCUT2D eigenvalue weighted by molar-refractivity contribution is 9.10. The zero-order chi connectivity index (χ0) is 12.3. The van der Waals surface area contributed by atoms with Gasteiger partial charge in [0.15, 0.2) is 0 Å². The SMILES string of the molecule is O=CCCc1cc(C(F)(F)F)cc(Br)c1O. The molecule has 0 radical (unpaired) electrons. The smallest absolute Gasteiger partial charge is 0.416 e. The van der Waals surface area contributed by atoms with Gasteiger partial charge in [0.1, 0.15) is 12.0 Å². The topological polar surface area (TPSA) is 37.3 Å². The molecule has 1 rings (SSSR count). The van der Waals surface area contributed by atoms with E-state index >= 15 is 0 Å². The van der Waals surface area contributed by atoms with Gasteiger partial charge in [-0.15, -0.1) is 0 Å². The van der Waals surface area contributed by atoms with Crippen molar-refractivity contribution in [3.05, 3.63) is 27.7 Å². The van der Waals surface area contributed by atoms with Gasteiger partial charge in [-0.05, 0) is 40.0 Å². The molecular weight excluding hydrogens is 289 g/mol. The molecular formula is C10H8BrF3O2. The van der Waals surface area contributed by atoms with Gasteiger partial charge in [-0.25, -0.2) is 0 Å². The Morgan fingerprint density at radius 1 is 1.38 bits per heavy atom. The number of alkyl halides is 3. The Bertz CT molecular complexity index is 402. The van der Waals surface area contributed by atoms with Crippen LogP contribution in [0.15, 0.2) is 16.6 Å². The van der Waals surface area contributed by atoms with E-state index in [2.05, 4.69) is 15.9 Å². The number of phenolic OH excluding ortho intramolecular Hbond substituents is 1. The summed E-state index contributed by atoms with van der Waals surface area (Å²) in [5.41, 5.74) is -0.744. The fourth-order valence-electron chi connectivity index (χ4n) is 1.22. The van der Waals surface area contributed by atoms with Crippen LogP contribution in [0.5, 0.6) is 5.75 Å². The van der Waals surface area contributed by atoms with Crippen LogP contribution in [0.25, 0.3) is 0 Å². The van der Waals surface area contributed by atoms with Crippen molar-refractivity contribution in [3.8, 4) is 5.75 Å². The van der Waals surface area contributed by atoms with Gasteiger partial charge in [0, 0.05) is 6.42 Å². The number of hydrogen-bond donors (Lipinski definition) is 1. The standard InChI is InChI=1S/C10H8BrF3O2/c11-8-5-7(10(12,13)14)4-6(9(8)16)2-1-3-15/h3-5,16H,1-2H2. The normalized spacial score (nSPS) is 11.5. The first-order valence-electron chi connectivity index (χ1n) is 4.38. The van der Waals surface area contributed by atoms with E-state index in [-0.39, 0.29) is 28.6 Å². The molecule has 0 aliphatic heterocycles. The highest BCUT2D eigenvalue weighted by atomic mass is 79.9. The van der Waals surface area contributed by atoms with Crippen LogP contribution in [0.4, 0.5) is 13.2 Å². The van der Waals surface area contributed by atoms with Gasteiger partial charge in [0.05, 0.1) is 10.0 Å². The lowest BCUT2D eigenvalue weighted by atomic mass is 10.1. The van der Waals surface area contributed by atoms with E-state index in [1.807, 2.05) is 0 Å². The van der Waals surface area contributed by atoms with Gasteiger partial charge < -0.3 is 9.90 Å². The lowest BCUT2D eigenvalue weighted by Crippen LogP contribution is -2.06. The van der Waals surface area contributed by atoms with Crippen LogP contribution >= 0.6 is 15.9 Å². The van der Waals surface area contributed by atoms with Crippen LogP contribution in [0.3, 0.4) is 0 Å². The lowest BCUT2D eigenvalue weighted by molar-refractivity contribution is -0.137. The third kappa shape index (κ3) is 2.98. The summed E-state index contributed by atoms with van der Waals surface area (Å²) in [7, 11) is 0. The van der Waals surface area contributed by atoms with Crippen LogP contribution in [-0.4, -0.2) is 11.4 Å². The number of aldehydes is 1. The Hall–Kier alpha value is -1.04. The Morgan fingerprint density at radius 3 is 2.50 bits per heavy atom. The molecule has 0 bridgehead atoms. The first-order chi connectivity index (χ1) is 7.36. The van der Waals surface area contributed by atoms with Crippen LogP contribution in [0, 0.1) is 0 Å². The second kappa shape index (κ2) is 4.86. The predicted molar refractivity (Wildman–Crippen MR) is 55.2 cm³/mol. The van der Waals surface area contributed by atoms with Crippen LogP contribution in [0.2, 0.25) is 0 Å². The number of halogens is 4. The highest BCUT2D eigenvalue weighted by Gasteiger charge is 2.31. The van der Waals surface area contributed by atoms with Crippen LogP contribution in [-0.2, 0) is 17.4 Å². The number of carbonyl (C=O) groups is 1. The molecule has 1 aromatic rings. The molecule has 0 fully saturated rings. The van der Waals surface area contributed by atoms with E-state index in [1.165, 1.54) is 0 Å².